The smallest absolute Gasteiger partial charge is 0.410 e. The molecule has 0 atom stereocenters. The molecule has 2 aromatic heterocycles. The number of carbonyl (C=O) groups excluding carboxylic acids is 1. The summed E-state index contributed by atoms with van der Waals surface area (Å²) >= 11 is 0. The number of nitro benzene ring substituents is 1. The van der Waals surface area contributed by atoms with Crippen molar-refractivity contribution in [2.45, 2.75) is 45.3 Å². The predicted molar refractivity (Wildman–Crippen MR) is 166 cm³/mol. The molecular formula is C32H36N6O5. The molecule has 2 aromatic carbocycles. The fraction of sp³-hybridized carbons (Fsp3) is 0.375. The van der Waals surface area contributed by atoms with Gasteiger partial charge < -0.3 is 29.2 Å². The van der Waals surface area contributed by atoms with Gasteiger partial charge in [0.05, 0.1) is 23.4 Å². The Morgan fingerprint density at radius 2 is 1.79 bits per heavy atom. The third kappa shape index (κ3) is 5.93. The summed E-state index contributed by atoms with van der Waals surface area (Å²) in [6.07, 6.45) is 4.16. The summed E-state index contributed by atoms with van der Waals surface area (Å²) in [4.78, 5) is 32.8. The molecule has 1 amide bonds. The molecule has 1 aliphatic carbocycles. The number of nitrogens with one attached hydrogen (secondary N) is 1. The summed E-state index contributed by atoms with van der Waals surface area (Å²) in [5, 5.41) is 16.6. The molecule has 1 N–H and O–H groups in total. The average molecular weight is 585 g/mol. The Labute approximate surface area is 250 Å². The van der Waals surface area contributed by atoms with Crippen LogP contribution in [0.5, 0.6) is 5.75 Å². The number of amides is 1. The largest absolute Gasteiger partial charge is 0.494 e. The van der Waals surface area contributed by atoms with Gasteiger partial charge in [0.25, 0.3) is 5.69 Å². The number of fused-ring (bicyclic) bond motifs is 1. The van der Waals surface area contributed by atoms with Crippen LogP contribution in [0.4, 0.5) is 27.7 Å². The zero-order valence-electron chi connectivity index (χ0n) is 24.9. The minimum Gasteiger partial charge on any atom is -0.494 e. The second-order valence-corrected chi connectivity index (χ2v) is 12.0. The molecule has 3 heterocycles. The van der Waals surface area contributed by atoms with Gasteiger partial charge in [-0.05, 0) is 51.8 Å². The molecule has 11 heteroatoms. The topological polar surface area (TPSA) is 115 Å². The first-order valence-corrected chi connectivity index (χ1v) is 14.5. The lowest BCUT2D eigenvalue weighted by atomic mass is 10.1. The first kappa shape index (κ1) is 28.3. The Morgan fingerprint density at radius 3 is 2.47 bits per heavy atom. The van der Waals surface area contributed by atoms with Gasteiger partial charge in [-0.1, -0.05) is 24.3 Å². The van der Waals surface area contributed by atoms with Crippen molar-refractivity contribution in [2.75, 3.05) is 43.5 Å². The number of para-hydroxylation sites is 1. The highest BCUT2D eigenvalue weighted by atomic mass is 16.6. The van der Waals surface area contributed by atoms with Crippen molar-refractivity contribution in [3.05, 3.63) is 70.9 Å². The molecular weight excluding hydrogens is 548 g/mol. The highest BCUT2D eigenvalue weighted by molar-refractivity contribution is 5.95. The van der Waals surface area contributed by atoms with Crippen LogP contribution in [0.2, 0.25) is 0 Å². The first-order chi connectivity index (χ1) is 20.6. The second kappa shape index (κ2) is 11.1. The SMILES string of the molecule is COc1cc(N2CCN(C(=O)OC(C)(C)C)CC2)c([N+](=O)[O-])cc1Nc1cccc(-c2cn(C3CC3)c3ccccc23)n1. The second-order valence-electron chi connectivity index (χ2n) is 12.0. The van der Waals surface area contributed by atoms with Crippen LogP contribution >= 0.6 is 0 Å². The maximum atomic E-state index is 12.5. The number of rotatable bonds is 7. The minimum absolute atomic E-state index is 0.0577. The number of benzene rings is 2. The Kier molecular flexibility index (Phi) is 7.33. The molecule has 0 unspecified atom stereocenters. The zero-order valence-corrected chi connectivity index (χ0v) is 24.9. The van der Waals surface area contributed by atoms with Gasteiger partial charge in [0.15, 0.2) is 0 Å². The van der Waals surface area contributed by atoms with E-state index in [9.17, 15) is 14.9 Å². The summed E-state index contributed by atoms with van der Waals surface area (Å²) in [6.45, 7) is 7.11. The first-order valence-electron chi connectivity index (χ1n) is 14.5. The van der Waals surface area contributed by atoms with E-state index in [2.05, 4.69) is 34.3 Å². The van der Waals surface area contributed by atoms with Crippen molar-refractivity contribution in [3.63, 3.8) is 0 Å². The number of hydrogen-bond donors (Lipinski definition) is 1. The van der Waals surface area contributed by atoms with Gasteiger partial charge in [-0.25, -0.2) is 9.78 Å². The van der Waals surface area contributed by atoms with Crippen LogP contribution < -0.4 is 15.0 Å². The number of aromatic nitrogens is 2. The fourth-order valence-corrected chi connectivity index (χ4v) is 5.54. The van der Waals surface area contributed by atoms with Crippen molar-refractivity contribution in [3.8, 4) is 17.0 Å². The van der Waals surface area contributed by atoms with Crippen LogP contribution in [0.1, 0.15) is 39.7 Å². The lowest BCUT2D eigenvalue weighted by Crippen LogP contribution is -2.50. The van der Waals surface area contributed by atoms with Crippen LogP contribution in [0, 0.1) is 10.1 Å². The van der Waals surface area contributed by atoms with Crippen LogP contribution in [0.15, 0.2) is 60.8 Å². The normalized spacial score (nSPS) is 15.4. The van der Waals surface area contributed by atoms with Gasteiger partial charge in [0.1, 0.15) is 22.9 Å². The van der Waals surface area contributed by atoms with E-state index in [1.807, 2.05) is 49.9 Å². The standard InChI is InChI=1S/C32H36N6O5/c1-32(2,3)43-31(39)36-16-14-35(15-17-36)27-19-29(42-4)25(18-28(27)38(40)41)34-30-11-7-9-24(33-30)23-20-37(21-12-13-21)26-10-6-5-8-22(23)26/h5-11,18-21H,12-17H2,1-4H3,(H,33,34). The number of anilines is 3. The van der Waals surface area contributed by atoms with Crippen molar-refractivity contribution < 1.29 is 19.2 Å². The van der Waals surface area contributed by atoms with Crippen LogP contribution in [-0.4, -0.2) is 64.4 Å². The van der Waals surface area contributed by atoms with E-state index in [-0.39, 0.29) is 11.8 Å². The molecule has 0 radical (unpaired) electrons. The number of carbonyl (C=O) groups is 1. The average Bonchev–Trinajstić information content (AvgIpc) is 3.76. The summed E-state index contributed by atoms with van der Waals surface area (Å²) in [5.41, 5.74) is 3.28. The molecule has 6 rings (SSSR count). The van der Waals surface area contributed by atoms with Crippen molar-refractivity contribution in [1.82, 2.24) is 14.5 Å². The van der Waals surface area contributed by atoms with Gasteiger partial charge in [-0.3, -0.25) is 10.1 Å². The number of nitro groups is 1. The maximum Gasteiger partial charge on any atom is 0.410 e. The Hall–Kier alpha value is -4.80. The maximum absolute atomic E-state index is 12.5. The lowest BCUT2D eigenvalue weighted by Gasteiger charge is -2.36. The van der Waals surface area contributed by atoms with Crippen LogP contribution in [-0.2, 0) is 4.74 Å². The van der Waals surface area contributed by atoms with E-state index >= 15 is 0 Å². The van der Waals surface area contributed by atoms with E-state index in [1.165, 1.54) is 31.5 Å². The van der Waals surface area contributed by atoms with Crippen molar-refractivity contribution >= 4 is 39.9 Å². The molecule has 43 heavy (non-hydrogen) atoms. The summed E-state index contributed by atoms with van der Waals surface area (Å²) in [6, 6.07) is 17.8. The number of piperazine rings is 1. The zero-order chi connectivity index (χ0) is 30.3. The Morgan fingerprint density at radius 1 is 1.05 bits per heavy atom. The van der Waals surface area contributed by atoms with Crippen molar-refractivity contribution in [2.24, 2.45) is 0 Å². The van der Waals surface area contributed by atoms with Gasteiger partial charge in [0.2, 0.25) is 0 Å². The number of nitrogens with zero attached hydrogens (tertiary/aromatic N) is 5. The molecule has 1 saturated carbocycles. The highest BCUT2D eigenvalue weighted by Gasteiger charge is 2.30. The van der Waals surface area contributed by atoms with Gasteiger partial charge in [-0.2, -0.15) is 0 Å². The predicted octanol–water partition coefficient (Wildman–Crippen LogP) is 6.76. The van der Waals surface area contributed by atoms with Crippen molar-refractivity contribution in [1.29, 1.82) is 0 Å². The van der Waals surface area contributed by atoms with Gasteiger partial charge in [0, 0.05) is 67.0 Å². The van der Waals surface area contributed by atoms with Gasteiger partial charge in [-0.15, -0.1) is 0 Å². The highest BCUT2D eigenvalue weighted by Crippen LogP contribution is 2.42. The van der Waals surface area contributed by atoms with Gasteiger partial charge >= 0.3 is 6.09 Å². The molecule has 4 aromatic rings. The molecule has 11 nitrogen and oxygen atoms in total. The number of pyridine rings is 1. The van der Waals surface area contributed by atoms with E-state index < -0.39 is 10.5 Å². The minimum atomic E-state index is -0.590. The molecule has 1 aliphatic heterocycles. The van der Waals surface area contributed by atoms with Crippen LogP contribution in [0.25, 0.3) is 22.2 Å². The third-order valence-corrected chi connectivity index (χ3v) is 7.73. The molecule has 0 bridgehead atoms. The number of methoxy groups -OCH3 is 1. The molecule has 224 valence electrons. The quantitative estimate of drug-likeness (QED) is 0.187. The van der Waals surface area contributed by atoms with E-state index in [0.29, 0.717) is 55.2 Å². The summed E-state index contributed by atoms with van der Waals surface area (Å²) in [5.74, 6) is 1.000. The number of ether oxygens (including phenoxy) is 2. The van der Waals surface area contributed by atoms with E-state index in [0.717, 1.165) is 16.6 Å². The van der Waals surface area contributed by atoms with E-state index in [4.69, 9.17) is 14.5 Å². The molecule has 1 saturated heterocycles. The summed E-state index contributed by atoms with van der Waals surface area (Å²) in [7, 11) is 1.53. The molecule has 2 aliphatic rings. The lowest BCUT2D eigenvalue weighted by molar-refractivity contribution is -0.384. The Balaban J connectivity index is 1.26. The van der Waals surface area contributed by atoms with E-state index in [1.54, 1.807) is 11.0 Å². The van der Waals surface area contributed by atoms with Crippen LogP contribution in [0.3, 0.4) is 0 Å². The summed E-state index contributed by atoms with van der Waals surface area (Å²) < 4.78 is 13.5. The third-order valence-electron chi connectivity index (χ3n) is 7.73. The molecule has 2 fully saturated rings. The number of hydrogen-bond acceptors (Lipinski definition) is 8. The molecule has 0 spiro atoms. The monoisotopic (exact) mass is 584 g/mol. The fourth-order valence-electron chi connectivity index (χ4n) is 5.54. The Bertz CT molecular complexity index is 1680.